The van der Waals surface area contributed by atoms with Crippen molar-refractivity contribution in [3.63, 3.8) is 0 Å². The highest BCUT2D eigenvalue weighted by Crippen LogP contribution is 2.50. The van der Waals surface area contributed by atoms with Gasteiger partial charge in [-0.3, -0.25) is 0 Å². The van der Waals surface area contributed by atoms with Crippen LogP contribution in [0.1, 0.15) is 23.0 Å². The molecule has 2 atom stereocenters. The van der Waals surface area contributed by atoms with Crippen molar-refractivity contribution in [1.82, 2.24) is 0 Å². The Morgan fingerprint density at radius 3 is 2.91 bits per heavy atom. The van der Waals surface area contributed by atoms with E-state index in [2.05, 4.69) is 60.6 Å². The molecule has 0 bridgehead atoms. The first-order valence-corrected chi connectivity index (χ1v) is 11.9. The van der Waals surface area contributed by atoms with Crippen LogP contribution in [0.3, 0.4) is 0 Å². The standard InChI is InChI=1S/C17H22O2S4/c1-3-16(18)19-12-21-10-4-5-15-11-22-17(23-15)13-6-8-14(20-2)9-7-13/h3,6-9,15,17H,1,4-5,10-12H2,2H3. The molecule has 0 amide bonds. The Morgan fingerprint density at radius 1 is 1.43 bits per heavy atom. The normalized spacial score (nSPS) is 20.4. The molecule has 0 aromatic heterocycles. The van der Waals surface area contributed by atoms with Gasteiger partial charge in [0.1, 0.15) is 5.94 Å². The van der Waals surface area contributed by atoms with E-state index in [9.17, 15) is 4.79 Å². The fraction of sp³-hybridized carbons (Fsp3) is 0.471. The van der Waals surface area contributed by atoms with Crippen LogP contribution in [0.2, 0.25) is 0 Å². The molecule has 126 valence electrons. The summed E-state index contributed by atoms with van der Waals surface area (Å²) in [5.41, 5.74) is 1.44. The summed E-state index contributed by atoms with van der Waals surface area (Å²) < 4.78 is 5.53. The van der Waals surface area contributed by atoms with Gasteiger partial charge in [0, 0.05) is 22.0 Å². The number of benzene rings is 1. The largest absolute Gasteiger partial charge is 0.451 e. The van der Waals surface area contributed by atoms with Gasteiger partial charge in [-0.15, -0.1) is 47.0 Å². The summed E-state index contributed by atoms with van der Waals surface area (Å²) in [5, 5.41) is 0.738. The summed E-state index contributed by atoms with van der Waals surface area (Å²) in [6.45, 7) is 3.38. The van der Waals surface area contributed by atoms with Crippen molar-refractivity contribution in [2.24, 2.45) is 0 Å². The lowest BCUT2D eigenvalue weighted by atomic mass is 10.2. The summed E-state index contributed by atoms with van der Waals surface area (Å²) in [6, 6.07) is 8.97. The molecule has 0 N–H and O–H groups in total. The molecule has 2 nitrogen and oxygen atoms in total. The third kappa shape index (κ3) is 6.69. The molecule has 1 fully saturated rings. The SMILES string of the molecule is C=CC(=O)OCSCCCC1CSC(c2ccc(SC)cc2)S1. The Labute approximate surface area is 156 Å². The lowest BCUT2D eigenvalue weighted by molar-refractivity contribution is -0.135. The molecule has 1 aliphatic heterocycles. The molecule has 0 aliphatic carbocycles. The molecule has 1 aromatic rings. The zero-order chi connectivity index (χ0) is 16.5. The minimum atomic E-state index is -0.337. The fourth-order valence-electron chi connectivity index (χ4n) is 2.17. The zero-order valence-corrected chi connectivity index (χ0v) is 16.5. The molecule has 1 heterocycles. The van der Waals surface area contributed by atoms with Gasteiger partial charge in [-0.05, 0) is 42.5 Å². The first-order chi connectivity index (χ1) is 11.2. The molecule has 1 aromatic carbocycles. The number of carbonyl (C=O) groups is 1. The number of ether oxygens (including phenoxy) is 1. The smallest absolute Gasteiger partial charge is 0.330 e. The van der Waals surface area contributed by atoms with Gasteiger partial charge in [0.15, 0.2) is 0 Å². The molecule has 1 aliphatic rings. The van der Waals surface area contributed by atoms with Crippen molar-refractivity contribution in [3.05, 3.63) is 42.5 Å². The number of hydrogen-bond donors (Lipinski definition) is 0. The maximum atomic E-state index is 10.9. The highest BCUT2D eigenvalue weighted by atomic mass is 32.2. The van der Waals surface area contributed by atoms with Gasteiger partial charge >= 0.3 is 5.97 Å². The van der Waals surface area contributed by atoms with E-state index in [1.165, 1.54) is 35.1 Å². The molecule has 0 saturated carbocycles. The summed E-state index contributed by atoms with van der Waals surface area (Å²) in [5.74, 6) is 2.37. The van der Waals surface area contributed by atoms with Gasteiger partial charge < -0.3 is 4.74 Å². The van der Waals surface area contributed by atoms with Crippen molar-refractivity contribution >= 4 is 53.0 Å². The quantitative estimate of drug-likeness (QED) is 0.184. The van der Waals surface area contributed by atoms with Gasteiger partial charge in [0.2, 0.25) is 0 Å². The minimum Gasteiger partial charge on any atom is -0.451 e. The maximum Gasteiger partial charge on any atom is 0.330 e. The molecule has 6 heteroatoms. The van der Waals surface area contributed by atoms with Crippen LogP contribution in [0.15, 0.2) is 41.8 Å². The first kappa shape index (κ1) is 19.2. The number of thioether (sulfide) groups is 4. The van der Waals surface area contributed by atoms with Crippen molar-refractivity contribution in [2.75, 3.05) is 23.7 Å². The second-order valence-corrected chi connectivity index (χ2v) is 9.81. The van der Waals surface area contributed by atoms with E-state index in [0.717, 1.165) is 11.0 Å². The van der Waals surface area contributed by atoms with Crippen molar-refractivity contribution in [1.29, 1.82) is 0 Å². The molecule has 0 spiro atoms. The average molecular weight is 387 g/mol. The Bertz CT molecular complexity index is 504. The van der Waals surface area contributed by atoms with Crippen LogP contribution in [0.5, 0.6) is 0 Å². The maximum absolute atomic E-state index is 10.9. The highest BCUT2D eigenvalue weighted by molar-refractivity contribution is 8.19. The molecule has 23 heavy (non-hydrogen) atoms. The average Bonchev–Trinajstić information content (AvgIpc) is 3.06. The lowest BCUT2D eigenvalue weighted by Crippen LogP contribution is -2.03. The van der Waals surface area contributed by atoms with Crippen LogP contribution in [0.4, 0.5) is 0 Å². The van der Waals surface area contributed by atoms with Crippen LogP contribution in [-0.4, -0.2) is 34.9 Å². The first-order valence-electron chi connectivity index (χ1n) is 7.51. The zero-order valence-electron chi connectivity index (χ0n) is 13.2. The van der Waals surface area contributed by atoms with Crippen LogP contribution >= 0.6 is 47.0 Å². The van der Waals surface area contributed by atoms with Gasteiger partial charge in [0.05, 0.1) is 4.58 Å². The van der Waals surface area contributed by atoms with Gasteiger partial charge in [-0.1, -0.05) is 18.7 Å². The molecule has 0 radical (unpaired) electrons. The molecule has 1 saturated heterocycles. The van der Waals surface area contributed by atoms with E-state index in [1.807, 2.05) is 0 Å². The van der Waals surface area contributed by atoms with Gasteiger partial charge in [-0.2, -0.15) is 0 Å². The topological polar surface area (TPSA) is 26.3 Å². The predicted octanol–water partition coefficient (Wildman–Crippen LogP) is 5.46. The predicted molar refractivity (Wildman–Crippen MR) is 108 cm³/mol. The highest BCUT2D eigenvalue weighted by Gasteiger charge is 2.26. The van der Waals surface area contributed by atoms with E-state index in [4.69, 9.17) is 4.74 Å². The Hall–Kier alpha value is -0.170. The van der Waals surface area contributed by atoms with Crippen molar-refractivity contribution in [3.8, 4) is 0 Å². The summed E-state index contributed by atoms with van der Waals surface area (Å²) in [4.78, 5) is 12.2. The van der Waals surface area contributed by atoms with Crippen LogP contribution in [0, 0.1) is 0 Å². The van der Waals surface area contributed by atoms with E-state index in [1.54, 1.807) is 23.5 Å². The second-order valence-electron chi connectivity index (χ2n) is 5.03. The molecule has 2 unspecified atom stereocenters. The van der Waals surface area contributed by atoms with E-state index in [0.29, 0.717) is 10.5 Å². The third-order valence-electron chi connectivity index (χ3n) is 3.40. The summed E-state index contributed by atoms with van der Waals surface area (Å²) >= 11 is 7.62. The monoisotopic (exact) mass is 386 g/mol. The third-order valence-corrected chi connectivity index (χ3v) is 8.44. The molecule has 2 rings (SSSR count). The van der Waals surface area contributed by atoms with E-state index >= 15 is 0 Å². The molecular formula is C17H22O2S4. The Kier molecular flexibility index (Phi) is 8.87. The van der Waals surface area contributed by atoms with Crippen LogP contribution in [-0.2, 0) is 9.53 Å². The lowest BCUT2D eigenvalue weighted by Gasteiger charge is -2.11. The minimum absolute atomic E-state index is 0.337. The second kappa shape index (κ2) is 10.6. The number of rotatable bonds is 9. The Balaban J connectivity index is 1.61. The summed E-state index contributed by atoms with van der Waals surface area (Å²) in [7, 11) is 0. The van der Waals surface area contributed by atoms with E-state index in [-0.39, 0.29) is 5.97 Å². The number of hydrogen-bond acceptors (Lipinski definition) is 6. The van der Waals surface area contributed by atoms with E-state index < -0.39 is 0 Å². The Morgan fingerprint density at radius 2 is 2.22 bits per heavy atom. The van der Waals surface area contributed by atoms with Crippen molar-refractivity contribution < 1.29 is 9.53 Å². The van der Waals surface area contributed by atoms with Crippen LogP contribution in [0.25, 0.3) is 0 Å². The number of esters is 1. The summed E-state index contributed by atoms with van der Waals surface area (Å²) in [6.07, 6.45) is 5.73. The van der Waals surface area contributed by atoms with Gasteiger partial charge in [-0.25, -0.2) is 4.79 Å². The number of carbonyl (C=O) groups excluding carboxylic acids is 1. The van der Waals surface area contributed by atoms with Crippen molar-refractivity contribution in [2.45, 2.75) is 27.6 Å². The molecular weight excluding hydrogens is 364 g/mol. The fourth-order valence-corrected chi connectivity index (χ4v) is 6.71. The van der Waals surface area contributed by atoms with Gasteiger partial charge in [0.25, 0.3) is 0 Å². The van der Waals surface area contributed by atoms with Crippen LogP contribution < -0.4 is 0 Å².